The lowest BCUT2D eigenvalue weighted by molar-refractivity contribution is 0.709. The second-order valence-corrected chi connectivity index (χ2v) is 3.05. The van der Waals surface area contributed by atoms with Crippen LogP contribution in [0.4, 0.5) is 5.69 Å². The van der Waals surface area contributed by atoms with E-state index >= 15 is 0 Å². The van der Waals surface area contributed by atoms with Gasteiger partial charge in [0.2, 0.25) is 0 Å². The van der Waals surface area contributed by atoms with Crippen LogP contribution < -0.4 is 5.32 Å². The number of hydrogen-bond acceptors (Lipinski definition) is 2. The van der Waals surface area contributed by atoms with E-state index in [9.17, 15) is 0 Å². The molecule has 0 atom stereocenters. The number of nitrogens with one attached hydrogen (secondary N) is 1. The van der Waals surface area contributed by atoms with E-state index < -0.39 is 0 Å². The van der Waals surface area contributed by atoms with Gasteiger partial charge in [0, 0.05) is 19.8 Å². The Morgan fingerprint density at radius 1 is 1.55 bits per heavy atom. The molecule has 1 aliphatic rings. The van der Waals surface area contributed by atoms with Crippen molar-refractivity contribution in [1.29, 1.82) is 0 Å². The number of hydrogen-bond donors (Lipinski definition) is 1. The second-order valence-electron chi connectivity index (χ2n) is 3.05. The first-order valence-electron chi connectivity index (χ1n) is 4.12. The number of anilines is 1. The van der Waals surface area contributed by atoms with Gasteiger partial charge in [0.25, 0.3) is 0 Å². The summed E-state index contributed by atoms with van der Waals surface area (Å²) >= 11 is 0. The summed E-state index contributed by atoms with van der Waals surface area (Å²) in [4.78, 5) is 0. The summed E-state index contributed by atoms with van der Waals surface area (Å²) in [6.07, 6.45) is 5.71. The highest BCUT2D eigenvalue weighted by atomic mass is 15.3. The minimum absolute atomic E-state index is 1.10. The van der Waals surface area contributed by atoms with Gasteiger partial charge in [-0.15, -0.1) is 0 Å². The number of fused-ring (bicyclic) bond motifs is 1. The maximum Gasteiger partial charge on any atom is 0.0855 e. The van der Waals surface area contributed by atoms with Gasteiger partial charge in [-0.25, -0.2) is 0 Å². The lowest BCUT2D eigenvalue weighted by atomic mass is 10.2. The van der Waals surface area contributed by atoms with Gasteiger partial charge in [-0.05, 0) is 19.3 Å². The molecule has 60 valence electrons. The summed E-state index contributed by atoms with van der Waals surface area (Å²) in [6, 6.07) is 0. The summed E-state index contributed by atoms with van der Waals surface area (Å²) in [7, 11) is 1.97. The molecule has 11 heavy (non-hydrogen) atoms. The topological polar surface area (TPSA) is 29.9 Å². The molecule has 0 aliphatic carbocycles. The lowest BCUT2D eigenvalue weighted by Gasteiger charge is -1.97. The van der Waals surface area contributed by atoms with Crippen LogP contribution in [-0.2, 0) is 13.5 Å². The Balaban J connectivity index is 2.32. The molecule has 0 fully saturated rings. The molecule has 0 aromatic carbocycles. The van der Waals surface area contributed by atoms with Crippen LogP contribution in [0.1, 0.15) is 18.5 Å². The van der Waals surface area contributed by atoms with Crippen molar-refractivity contribution >= 4 is 5.69 Å². The van der Waals surface area contributed by atoms with E-state index in [1.54, 1.807) is 0 Å². The molecule has 0 unspecified atom stereocenters. The molecule has 2 heterocycles. The van der Waals surface area contributed by atoms with Crippen LogP contribution in [-0.4, -0.2) is 16.3 Å². The lowest BCUT2D eigenvalue weighted by Crippen LogP contribution is -1.97. The third kappa shape index (κ3) is 1.23. The zero-order valence-corrected chi connectivity index (χ0v) is 6.80. The Kier molecular flexibility index (Phi) is 1.56. The fourth-order valence-electron chi connectivity index (χ4n) is 1.51. The second kappa shape index (κ2) is 2.57. The molecule has 0 spiro atoms. The van der Waals surface area contributed by atoms with Crippen molar-refractivity contribution in [2.45, 2.75) is 19.3 Å². The van der Waals surface area contributed by atoms with Gasteiger partial charge in [0.05, 0.1) is 11.4 Å². The van der Waals surface area contributed by atoms with Crippen LogP contribution in [0.15, 0.2) is 6.20 Å². The fourth-order valence-corrected chi connectivity index (χ4v) is 1.51. The molecule has 0 saturated heterocycles. The van der Waals surface area contributed by atoms with Crippen LogP contribution in [0.3, 0.4) is 0 Å². The summed E-state index contributed by atoms with van der Waals surface area (Å²) in [5.74, 6) is 0. The molecule has 1 aromatic rings. The highest BCUT2D eigenvalue weighted by Crippen LogP contribution is 2.18. The Labute approximate surface area is 66.4 Å². The average molecular weight is 151 g/mol. The van der Waals surface area contributed by atoms with Gasteiger partial charge in [-0.1, -0.05) is 0 Å². The smallest absolute Gasteiger partial charge is 0.0855 e. The SMILES string of the molecule is Cn1cc2c(n1)CCCCN2. The summed E-state index contributed by atoms with van der Waals surface area (Å²) in [5, 5.41) is 7.73. The first kappa shape index (κ1) is 6.70. The molecule has 0 bridgehead atoms. The first-order valence-corrected chi connectivity index (χ1v) is 4.12. The largest absolute Gasteiger partial charge is 0.382 e. The van der Waals surface area contributed by atoms with Gasteiger partial charge in [-0.2, -0.15) is 5.10 Å². The maximum absolute atomic E-state index is 4.37. The molecule has 0 saturated carbocycles. The van der Waals surface area contributed by atoms with Crippen LogP contribution in [0.2, 0.25) is 0 Å². The van der Waals surface area contributed by atoms with Crippen LogP contribution in [0.25, 0.3) is 0 Å². The molecule has 0 amide bonds. The van der Waals surface area contributed by atoms with Crippen LogP contribution in [0, 0.1) is 0 Å². The molecule has 3 heteroatoms. The summed E-state index contributed by atoms with van der Waals surface area (Å²) < 4.78 is 1.88. The van der Waals surface area contributed by atoms with E-state index in [1.807, 2.05) is 11.7 Å². The minimum atomic E-state index is 1.10. The van der Waals surface area contributed by atoms with Crippen molar-refractivity contribution in [2.75, 3.05) is 11.9 Å². The molecular weight excluding hydrogens is 138 g/mol. The Morgan fingerprint density at radius 3 is 3.36 bits per heavy atom. The quantitative estimate of drug-likeness (QED) is 0.603. The van der Waals surface area contributed by atoms with Gasteiger partial charge in [-0.3, -0.25) is 4.68 Å². The molecule has 1 aliphatic heterocycles. The van der Waals surface area contributed by atoms with Crippen molar-refractivity contribution in [3.63, 3.8) is 0 Å². The standard InChI is InChI=1S/C8H13N3/c1-11-6-8-7(10-11)4-2-3-5-9-8/h6,9H,2-5H2,1H3. The maximum atomic E-state index is 4.37. The third-order valence-electron chi connectivity index (χ3n) is 2.06. The molecule has 3 nitrogen and oxygen atoms in total. The number of nitrogens with zero attached hydrogens (tertiary/aromatic N) is 2. The molecular formula is C8H13N3. The summed E-state index contributed by atoms with van der Waals surface area (Å²) in [6.45, 7) is 1.10. The predicted octanol–water partition coefficient (Wildman–Crippen LogP) is 1.17. The van der Waals surface area contributed by atoms with E-state index in [2.05, 4.69) is 16.6 Å². The van der Waals surface area contributed by atoms with Crippen molar-refractivity contribution in [3.8, 4) is 0 Å². The minimum Gasteiger partial charge on any atom is -0.382 e. The third-order valence-corrected chi connectivity index (χ3v) is 2.06. The monoisotopic (exact) mass is 151 g/mol. The van der Waals surface area contributed by atoms with Gasteiger partial charge >= 0.3 is 0 Å². The zero-order valence-electron chi connectivity index (χ0n) is 6.80. The summed E-state index contributed by atoms with van der Waals surface area (Å²) in [5.41, 5.74) is 2.45. The van der Waals surface area contributed by atoms with E-state index in [-0.39, 0.29) is 0 Å². The number of aryl methyl sites for hydroxylation is 2. The van der Waals surface area contributed by atoms with Crippen molar-refractivity contribution in [3.05, 3.63) is 11.9 Å². The Hall–Kier alpha value is -0.990. The molecule has 1 aromatic heterocycles. The van der Waals surface area contributed by atoms with E-state index in [4.69, 9.17) is 0 Å². The molecule has 1 N–H and O–H groups in total. The van der Waals surface area contributed by atoms with Crippen molar-refractivity contribution < 1.29 is 0 Å². The number of aromatic nitrogens is 2. The highest BCUT2D eigenvalue weighted by Gasteiger charge is 2.09. The van der Waals surface area contributed by atoms with Gasteiger partial charge in [0.15, 0.2) is 0 Å². The van der Waals surface area contributed by atoms with Crippen LogP contribution in [0.5, 0.6) is 0 Å². The van der Waals surface area contributed by atoms with E-state index in [0.717, 1.165) is 13.0 Å². The van der Waals surface area contributed by atoms with Gasteiger partial charge in [0.1, 0.15) is 0 Å². The van der Waals surface area contributed by atoms with Gasteiger partial charge < -0.3 is 5.32 Å². The fraction of sp³-hybridized carbons (Fsp3) is 0.625. The normalized spacial score (nSPS) is 16.8. The van der Waals surface area contributed by atoms with Crippen molar-refractivity contribution in [2.24, 2.45) is 7.05 Å². The Bertz CT molecular complexity index is 228. The molecule has 2 rings (SSSR count). The Morgan fingerprint density at radius 2 is 2.45 bits per heavy atom. The van der Waals surface area contributed by atoms with Crippen molar-refractivity contribution in [1.82, 2.24) is 9.78 Å². The highest BCUT2D eigenvalue weighted by molar-refractivity contribution is 5.46. The van der Waals surface area contributed by atoms with Crippen LogP contribution >= 0.6 is 0 Å². The predicted molar refractivity (Wildman–Crippen MR) is 44.6 cm³/mol. The van der Waals surface area contributed by atoms with E-state index in [0.29, 0.717) is 0 Å². The first-order chi connectivity index (χ1) is 5.36. The molecule has 0 radical (unpaired) electrons. The average Bonchev–Trinajstić information content (AvgIpc) is 2.17. The number of rotatable bonds is 0. The zero-order chi connectivity index (χ0) is 7.68. The van der Waals surface area contributed by atoms with E-state index in [1.165, 1.54) is 24.2 Å².